The van der Waals surface area contributed by atoms with Gasteiger partial charge in [-0.2, -0.15) is 0 Å². The fourth-order valence-electron chi connectivity index (χ4n) is 4.10. The molecule has 0 heterocycles. The van der Waals surface area contributed by atoms with Crippen LogP contribution in [0.1, 0.15) is 72.1 Å². The zero-order chi connectivity index (χ0) is 14.8. The van der Waals surface area contributed by atoms with E-state index in [1.54, 1.807) is 0 Å². The van der Waals surface area contributed by atoms with Crippen molar-refractivity contribution >= 4 is 6.29 Å². The van der Waals surface area contributed by atoms with E-state index in [0.29, 0.717) is 11.5 Å². The largest absolute Gasteiger partial charge is 0.303 e. The van der Waals surface area contributed by atoms with Crippen molar-refractivity contribution in [3.05, 3.63) is 0 Å². The molecule has 0 aromatic heterocycles. The highest BCUT2D eigenvalue weighted by atomic mass is 16.1. The fraction of sp³-hybridized carbons (Fsp3) is 0.944. The summed E-state index contributed by atoms with van der Waals surface area (Å²) in [6.07, 6.45) is 11.2. The van der Waals surface area contributed by atoms with E-state index in [-0.39, 0.29) is 5.41 Å². The molecule has 0 aliphatic heterocycles. The van der Waals surface area contributed by atoms with Gasteiger partial charge in [-0.1, -0.05) is 20.8 Å². The van der Waals surface area contributed by atoms with Crippen molar-refractivity contribution in [3.63, 3.8) is 0 Å². The van der Waals surface area contributed by atoms with Gasteiger partial charge in [0.2, 0.25) is 0 Å². The van der Waals surface area contributed by atoms with Crippen LogP contribution < -0.4 is 0 Å². The lowest BCUT2D eigenvalue weighted by Crippen LogP contribution is -2.45. The molecule has 0 radical (unpaired) electrons. The minimum Gasteiger partial charge on any atom is -0.303 e. The molecule has 0 spiro atoms. The van der Waals surface area contributed by atoms with Crippen LogP contribution in [0.15, 0.2) is 0 Å². The Bertz CT molecular complexity index is 318. The summed E-state index contributed by atoms with van der Waals surface area (Å²) in [7, 11) is 2.24. The van der Waals surface area contributed by atoms with Crippen LogP contribution in [-0.2, 0) is 4.79 Å². The Morgan fingerprint density at radius 2 is 1.60 bits per heavy atom. The van der Waals surface area contributed by atoms with Crippen molar-refractivity contribution in [2.45, 2.75) is 78.2 Å². The number of hydrogen-bond donors (Lipinski definition) is 0. The first kappa shape index (κ1) is 16.0. The van der Waals surface area contributed by atoms with Gasteiger partial charge in [-0.05, 0) is 69.7 Å². The summed E-state index contributed by atoms with van der Waals surface area (Å²) in [6.45, 7) is 8.08. The first-order chi connectivity index (χ1) is 9.36. The second-order valence-electron chi connectivity index (χ2n) is 8.47. The number of nitrogens with zero attached hydrogens (tertiary/aromatic N) is 1. The van der Waals surface area contributed by atoms with Crippen LogP contribution in [0.25, 0.3) is 0 Å². The van der Waals surface area contributed by atoms with E-state index in [9.17, 15) is 4.79 Å². The molecule has 0 atom stereocenters. The molecule has 0 saturated heterocycles. The van der Waals surface area contributed by atoms with E-state index in [0.717, 1.165) is 25.3 Å². The smallest absolute Gasteiger partial charge is 0.127 e. The molecule has 2 rings (SSSR count). The summed E-state index contributed by atoms with van der Waals surface area (Å²) < 4.78 is 0. The molecule has 2 nitrogen and oxygen atoms in total. The molecule has 2 aliphatic rings. The Kier molecular flexibility index (Phi) is 4.94. The summed E-state index contributed by atoms with van der Waals surface area (Å²) >= 11 is 0. The zero-order valence-electron chi connectivity index (χ0n) is 14.0. The van der Waals surface area contributed by atoms with Gasteiger partial charge < -0.3 is 9.69 Å². The topological polar surface area (TPSA) is 20.3 Å². The number of carbonyl (C=O) groups excluding carboxylic acids is 1. The Hall–Kier alpha value is -0.370. The molecule has 2 saturated carbocycles. The monoisotopic (exact) mass is 279 g/mol. The van der Waals surface area contributed by atoms with Crippen molar-refractivity contribution in [2.75, 3.05) is 13.6 Å². The lowest BCUT2D eigenvalue weighted by molar-refractivity contribution is -0.120. The SMILES string of the molecule is CC1CCC(C=O)(CN(C)C2CCC(C)(C)CC2)CC1. The normalized spacial score (nSPS) is 35.1. The van der Waals surface area contributed by atoms with Crippen molar-refractivity contribution in [1.82, 2.24) is 4.90 Å². The van der Waals surface area contributed by atoms with Gasteiger partial charge in [-0.15, -0.1) is 0 Å². The summed E-state index contributed by atoms with van der Waals surface area (Å²) in [5.74, 6) is 0.809. The number of rotatable bonds is 4. The van der Waals surface area contributed by atoms with E-state index in [1.165, 1.54) is 44.8 Å². The summed E-state index contributed by atoms with van der Waals surface area (Å²) in [4.78, 5) is 14.2. The number of carbonyl (C=O) groups is 1. The summed E-state index contributed by atoms with van der Waals surface area (Å²) in [6, 6.07) is 0.694. The average molecular weight is 279 g/mol. The molecule has 20 heavy (non-hydrogen) atoms. The summed E-state index contributed by atoms with van der Waals surface area (Å²) in [5.41, 5.74) is 0.480. The molecule has 2 aliphatic carbocycles. The summed E-state index contributed by atoms with van der Waals surface area (Å²) in [5, 5.41) is 0. The second kappa shape index (κ2) is 6.17. The fourth-order valence-corrected chi connectivity index (χ4v) is 4.10. The zero-order valence-corrected chi connectivity index (χ0v) is 14.0. The molecular formula is C18H33NO. The highest BCUT2D eigenvalue weighted by Crippen LogP contribution is 2.40. The van der Waals surface area contributed by atoms with Gasteiger partial charge in [0, 0.05) is 18.0 Å². The van der Waals surface area contributed by atoms with Crippen LogP contribution >= 0.6 is 0 Å². The molecular weight excluding hydrogens is 246 g/mol. The van der Waals surface area contributed by atoms with E-state index in [1.807, 2.05) is 0 Å². The number of aldehydes is 1. The third kappa shape index (κ3) is 3.84. The van der Waals surface area contributed by atoms with Gasteiger partial charge in [0.1, 0.15) is 6.29 Å². The average Bonchev–Trinajstić information content (AvgIpc) is 2.41. The molecule has 0 N–H and O–H groups in total. The molecule has 2 fully saturated rings. The maximum Gasteiger partial charge on any atom is 0.127 e. The van der Waals surface area contributed by atoms with Crippen LogP contribution in [0.4, 0.5) is 0 Å². The van der Waals surface area contributed by atoms with Gasteiger partial charge in [0.25, 0.3) is 0 Å². The first-order valence-corrected chi connectivity index (χ1v) is 8.52. The maximum atomic E-state index is 11.7. The second-order valence-corrected chi connectivity index (χ2v) is 8.47. The first-order valence-electron chi connectivity index (χ1n) is 8.52. The Labute approximate surface area is 125 Å². The Morgan fingerprint density at radius 1 is 1.05 bits per heavy atom. The van der Waals surface area contributed by atoms with Crippen LogP contribution in [0, 0.1) is 16.7 Å². The molecule has 0 unspecified atom stereocenters. The lowest BCUT2D eigenvalue weighted by Gasteiger charge is -2.43. The molecule has 0 amide bonds. The van der Waals surface area contributed by atoms with Crippen molar-refractivity contribution in [2.24, 2.45) is 16.7 Å². The van der Waals surface area contributed by atoms with Gasteiger partial charge in [0.15, 0.2) is 0 Å². The van der Waals surface area contributed by atoms with Crippen LogP contribution in [0.3, 0.4) is 0 Å². The minimum atomic E-state index is -0.0474. The molecule has 116 valence electrons. The highest BCUT2D eigenvalue weighted by Gasteiger charge is 2.37. The van der Waals surface area contributed by atoms with Gasteiger partial charge in [-0.25, -0.2) is 0 Å². The molecule has 0 bridgehead atoms. The lowest BCUT2D eigenvalue weighted by atomic mass is 9.70. The van der Waals surface area contributed by atoms with Crippen molar-refractivity contribution in [1.29, 1.82) is 0 Å². The minimum absolute atomic E-state index is 0.0474. The van der Waals surface area contributed by atoms with Crippen LogP contribution in [0.5, 0.6) is 0 Å². The third-order valence-corrected chi connectivity index (χ3v) is 6.02. The number of hydrogen-bond acceptors (Lipinski definition) is 2. The predicted molar refractivity (Wildman–Crippen MR) is 84.8 cm³/mol. The van der Waals surface area contributed by atoms with E-state index < -0.39 is 0 Å². The van der Waals surface area contributed by atoms with Gasteiger partial charge in [-0.3, -0.25) is 0 Å². The highest BCUT2D eigenvalue weighted by molar-refractivity contribution is 5.60. The Balaban J connectivity index is 1.90. The van der Waals surface area contributed by atoms with Gasteiger partial charge in [0.05, 0.1) is 0 Å². The molecule has 0 aromatic carbocycles. The van der Waals surface area contributed by atoms with E-state index in [4.69, 9.17) is 0 Å². The van der Waals surface area contributed by atoms with Crippen LogP contribution in [-0.4, -0.2) is 30.8 Å². The van der Waals surface area contributed by atoms with Crippen LogP contribution in [0.2, 0.25) is 0 Å². The van der Waals surface area contributed by atoms with E-state index in [2.05, 4.69) is 32.7 Å². The molecule has 2 heteroatoms. The van der Waals surface area contributed by atoms with Crippen molar-refractivity contribution < 1.29 is 4.79 Å². The van der Waals surface area contributed by atoms with Crippen molar-refractivity contribution in [3.8, 4) is 0 Å². The van der Waals surface area contributed by atoms with E-state index >= 15 is 0 Å². The van der Waals surface area contributed by atoms with Gasteiger partial charge >= 0.3 is 0 Å². The quantitative estimate of drug-likeness (QED) is 0.716. The third-order valence-electron chi connectivity index (χ3n) is 6.02. The molecule has 0 aromatic rings. The predicted octanol–water partition coefficient (Wildman–Crippen LogP) is 4.28. The maximum absolute atomic E-state index is 11.7. The Morgan fingerprint density at radius 3 is 2.10 bits per heavy atom. The standard InChI is InChI=1S/C18H33NO/c1-15-5-11-18(14-20,12-6-15)13-19(4)16-7-9-17(2,3)10-8-16/h14-16H,5-13H2,1-4H3.